The number of hydrogen-bond donors (Lipinski definition) is 1. The maximum Gasteiger partial charge on any atom is 0.303 e. The molecule has 5 nitrogen and oxygen atoms in total. The average Bonchev–Trinajstić information content (AvgIpc) is 2.94. The lowest BCUT2D eigenvalue weighted by Gasteiger charge is -2.28. The molecule has 0 atom stereocenters. The van der Waals surface area contributed by atoms with Crippen molar-refractivity contribution in [3.63, 3.8) is 0 Å². The third-order valence-corrected chi connectivity index (χ3v) is 11.3. The monoisotopic (exact) mass is 523 g/mol. The molecule has 0 aliphatic heterocycles. The van der Waals surface area contributed by atoms with E-state index in [-0.39, 0.29) is 6.42 Å². The first-order chi connectivity index (χ1) is 18.0. The van der Waals surface area contributed by atoms with E-state index in [1.165, 1.54) is 15.9 Å². The molecule has 0 aromatic heterocycles. The topological polar surface area (TPSA) is 65.0 Å². The zero-order chi connectivity index (χ0) is 26.5. The van der Waals surface area contributed by atoms with Crippen LogP contribution in [-0.2, 0) is 4.79 Å². The van der Waals surface area contributed by atoms with E-state index in [0.29, 0.717) is 0 Å². The summed E-state index contributed by atoms with van der Waals surface area (Å²) in [6.45, 7) is 0. The Morgan fingerprint density at radius 2 is 1.00 bits per heavy atom. The summed E-state index contributed by atoms with van der Waals surface area (Å²) in [4.78, 5) is 10.7. The molecule has 0 saturated carbocycles. The second-order valence-electron chi connectivity index (χ2n) is 9.26. The van der Waals surface area contributed by atoms with Crippen molar-refractivity contribution in [1.82, 2.24) is 0 Å². The molecule has 0 saturated heterocycles. The largest absolute Gasteiger partial charge is 0.497 e. The van der Waals surface area contributed by atoms with Crippen molar-refractivity contribution >= 4 is 29.1 Å². The Morgan fingerprint density at radius 1 is 0.622 bits per heavy atom. The number of ether oxygens (including phenoxy) is 3. The van der Waals surface area contributed by atoms with Gasteiger partial charge in [0.1, 0.15) is 40.4 Å². The smallest absolute Gasteiger partial charge is 0.303 e. The highest BCUT2D eigenvalue weighted by molar-refractivity contribution is 7.95. The van der Waals surface area contributed by atoms with Crippen LogP contribution in [0.2, 0.25) is 0 Å². The molecule has 0 bridgehead atoms. The molecule has 6 heteroatoms. The molecular formula is C31H40O5P+. The van der Waals surface area contributed by atoms with Gasteiger partial charge in [-0.1, -0.05) is 43.9 Å². The maximum absolute atomic E-state index is 10.7. The zero-order valence-electron chi connectivity index (χ0n) is 22.3. The molecule has 0 heterocycles. The summed E-state index contributed by atoms with van der Waals surface area (Å²) < 4.78 is 16.9. The third kappa shape index (κ3) is 7.72. The van der Waals surface area contributed by atoms with Gasteiger partial charge in [-0.3, -0.25) is 4.79 Å². The van der Waals surface area contributed by atoms with Crippen LogP contribution in [0, 0.1) is 0 Å². The van der Waals surface area contributed by atoms with Gasteiger partial charge in [-0.25, -0.2) is 0 Å². The summed E-state index contributed by atoms with van der Waals surface area (Å²) in [6.07, 6.45) is 8.67. The Hall–Kier alpha value is -3.04. The van der Waals surface area contributed by atoms with E-state index < -0.39 is 13.2 Å². The number of carboxylic acid groups (broad SMARTS) is 1. The van der Waals surface area contributed by atoms with Crippen LogP contribution in [0.5, 0.6) is 17.2 Å². The Balaban J connectivity index is 1.93. The van der Waals surface area contributed by atoms with Crippen molar-refractivity contribution in [3.05, 3.63) is 72.8 Å². The summed E-state index contributed by atoms with van der Waals surface area (Å²) in [5, 5.41) is 12.7. The zero-order valence-corrected chi connectivity index (χ0v) is 23.2. The van der Waals surface area contributed by atoms with Gasteiger partial charge in [-0.2, -0.15) is 0 Å². The van der Waals surface area contributed by atoms with E-state index >= 15 is 0 Å². The molecular weight excluding hydrogens is 483 g/mol. The van der Waals surface area contributed by atoms with Crippen molar-refractivity contribution in [1.29, 1.82) is 0 Å². The molecule has 0 radical (unpaired) electrons. The summed E-state index contributed by atoms with van der Waals surface area (Å²) in [5.41, 5.74) is 0. The Kier molecular flexibility index (Phi) is 11.3. The highest BCUT2D eigenvalue weighted by Gasteiger charge is 2.45. The number of carbonyl (C=O) groups is 1. The van der Waals surface area contributed by atoms with Crippen molar-refractivity contribution < 1.29 is 24.1 Å². The summed E-state index contributed by atoms with van der Waals surface area (Å²) >= 11 is 0. The van der Waals surface area contributed by atoms with Crippen LogP contribution in [0.3, 0.4) is 0 Å². The predicted molar refractivity (Wildman–Crippen MR) is 154 cm³/mol. The first-order valence-electron chi connectivity index (χ1n) is 13.1. The first kappa shape index (κ1) is 28.5. The highest BCUT2D eigenvalue weighted by Crippen LogP contribution is 2.57. The van der Waals surface area contributed by atoms with Gasteiger partial charge in [-0.05, 0) is 55.7 Å². The fraction of sp³-hybridized carbons (Fsp3) is 0.387. The van der Waals surface area contributed by atoms with Gasteiger partial charge in [-0.15, -0.1) is 0 Å². The molecule has 198 valence electrons. The minimum Gasteiger partial charge on any atom is -0.497 e. The average molecular weight is 524 g/mol. The molecule has 0 aliphatic carbocycles. The lowest BCUT2D eigenvalue weighted by molar-refractivity contribution is -0.137. The number of aliphatic carboxylic acids is 1. The van der Waals surface area contributed by atoms with Gasteiger partial charge in [0, 0.05) is 24.6 Å². The van der Waals surface area contributed by atoms with E-state index in [0.717, 1.165) is 68.4 Å². The second kappa shape index (κ2) is 14.6. The van der Waals surface area contributed by atoms with Crippen molar-refractivity contribution in [2.24, 2.45) is 0 Å². The van der Waals surface area contributed by atoms with Crippen LogP contribution < -0.4 is 30.1 Å². The standard InChI is InChI=1S/C31H39O5P/c1-34-25-14-11-17-28(22-25)37(29-18-12-15-26(23-29)35-2,30-19-13-16-27(24-30)36-3)21-10-8-6-4-5-7-9-20-31(32)33/h11-19,22-24H,4-10,20-21H2,1-3H3/p+1. The van der Waals surface area contributed by atoms with Crippen LogP contribution in [0.4, 0.5) is 0 Å². The minimum atomic E-state index is -2.06. The number of carboxylic acids is 1. The Labute approximate surface area is 222 Å². The molecule has 1 N–H and O–H groups in total. The van der Waals surface area contributed by atoms with E-state index in [2.05, 4.69) is 54.6 Å². The van der Waals surface area contributed by atoms with Crippen molar-refractivity contribution in [2.45, 2.75) is 51.4 Å². The second-order valence-corrected chi connectivity index (χ2v) is 12.9. The molecule has 0 spiro atoms. The van der Waals surface area contributed by atoms with Crippen LogP contribution in [0.15, 0.2) is 72.8 Å². The molecule has 0 amide bonds. The SMILES string of the molecule is COc1cccc([P+](CCCCCCCCCC(=O)O)(c2cccc(OC)c2)c2cccc(OC)c2)c1. The molecule has 0 fully saturated rings. The summed E-state index contributed by atoms with van der Waals surface area (Å²) in [6, 6.07) is 25.5. The molecule has 3 aromatic carbocycles. The Bertz CT molecular complexity index is 1010. The van der Waals surface area contributed by atoms with Gasteiger partial charge in [0.05, 0.1) is 27.5 Å². The number of benzene rings is 3. The van der Waals surface area contributed by atoms with E-state index in [4.69, 9.17) is 19.3 Å². The van der Waals surface area contributed by atoms with Gasteiger partial charge < -0.3 is 19.3 Å². The minimum absolute atomic E-state index is 0.272. The molecule has 3 rings (SSSR count). The Morgan fingerprint density at radius 3 is 1.38 bits per heavy atom. The van der Waals surface area contributed by atoms with E-state index in [9.17, 15) is 4.79 Å². The number of unbranched alkanes of at least 4 members (excludes halogenated alkanes) is 6. The van der Waals surface area contributed by atoms with E-state index in [1.807, 2.05) is 18.2 Å². The van der Waals surface area contributed by atoms with Crippen LogP contribution in [-0.4, -0.2) is 38.6 Å². The van der Waals surface area contributed by atoms with Crippen molar-refractivity contribution in [2.75, 3.05) is 27.5 Å². The highest BCUT2D eigenvalue weighted by atomic mass is 31.2. The lowest BCUT2D eigenvalue weighted by Crippen LogP contribution is -2.33. The molecule has 0 unspecified atom stereocenters. The van der Waals surface area contributed by atoms with Crippen LogP contribution in [0.1, 0.15) is 51.4 Å². The van der Waals surface area contributed by atoms with Gasteiger partial charge in [0.25, 0.3) is 0 Å². The maximum atomic E-state index is 10.7. The summed E-state index contributed by atoms with van der Waals surface area (Å²) in [7, 11) is 3.09. The first-order valence-corrected chi connectivity index (χ1v) is 15.0. The van der Waals surface area contributed by atoms with Crippen LogP contribution >= 0.6 is 7.26 Å². The lowest BCUT2D eigenvalue weighted by atomic mass is 10.1. The van der Waals surface area contributed by atoms with Crippen molar-refractivity contribution in [3.8, 4) is 17.2 Å². The van der Waals surface area contributed by atoms with Gasteiger partial charge in [0.2, 0.25) is 0 Å². The molecule has 0 aliphatic rings. The molecule has 37 heavy (non-hydrogen) atoms. The van der Waals surface area contributed by atoms with Gasteiger partial charge >= 0.3 is 5.97 Å². The third-order valence-electron chi connectivity index (χ3n) is 6.87. The fourth-order valence-corrected chi connectivity index (χ4v) is 9.32. The van der Waals surface area contributed by atoms with Gasteiger partial charge in [0.15, 0.2) is 0 Å². The predicted octanol–water partition coefficient (Wildman–Crippen LogP) is 6.21. The number of rotatable bonds is 16. The quantitative estimate of drug-likeness (QED) is 0.179. The fourth-order valence-electron chi connectivity index (χ4n) is 4.89. The van der Waals surface area contributed by atoms with Crippen LogP contribution in [0.25, 0.3) is 0 Å². The van der Waals surface area contributed by atoms with E-state index in [1.54, 1.807) is 21.3 Å². The molecule has 3 aromatic rings. The number of methoxy groups -OCH3 is 3. The summed E-state index contributed by atoms with van der Waals surface area (Å²) in [5.74, 6) is 1.87. The number of hydrogen-bond acceptors (Lipinski definition) is 4. The normalized spacial score (nSPS) is 11.2.